The highest BCUT2D eigenvalue weighted by atomic mass is 16.5. The van der Waals surface area contributed by atoms with E-state index in [9.17, 15) is 14.4 Å². The highest BCUT2D eigenvalue weighted by Crippen LogP contribution is 2.39. The van der Waals surface area contributed by atoms with E-state index in [0.717, 1.165) is 11.1 Å². The van der Waals surface area contributed by atoms with Crippen LogP contribution >= 0.6 is 0 Å². The van der Waals surface area contributed by atoms with Gasteiger partial charge in [-0.1, -0.05) is 24.3 Å². The van der Waals surface area contributed by atoms with Crippen molar-refractivity contribution < 1.29 is 28.3 Å². The molecule has 3 rings (SSSR count). The molecule has 0 bridgehead atoms. The average Bonchev–Trinajstić information content (AvgIpc) is 3.18. The Morgan fingerprint density at radius 3 is 2.48 bits per heavy atom. The van der Waals surface area contributed by atoms with Crippen LogP contribution in [0.15, 0.2) is 52.1 Å². The Balaban J connectivity index is 2.01. The number of carbonyl (C=O) groups is 3. The van der Waals surface area contributed by atoms with E-state index in [0.29, 0.717) is 17.0 Å². The van der Waals surface area contributed by atoms with Gasteiger partial charge in [0.1, 0.15) is 5.76 Å². The normalized spacial score (nSPS) is 16.6. The zero-order valence-corrected chi connectivity index (χ0v) is 18.4. The van der Waals surface area contributed by atoms with Crippen molar-refractivity contribution in [1.82, 2.24) is 4.90 Å². The molecule has 1 atom stereocenters. The number of esters is 2. The molecule has 1 amide bonds. The summed E-state index contributed by atoms with van der Waals surface area (Å²) in [7, 11) is 1.27. The van der Waals surface area contributed by atoms with Gasteiger partial charge in [-0.3, -0.25) is 4.79 Å². The number of hydrogen-bond donors (Lipinski definition) is 0. The Morgan fingerprint density at radius 2 is 1.84 bits per heavy atom. The molecule has 7 nitrogen and oxygen atoms in total. The molecule has 164 valence electrons. The Labute approximate surface area is 181 Å². The van der Waals surface area contributed by atoms with Gasteiger partial charge in [-0.25, -0.2) is 9.59 Å². The molecule has 2 aromatic rings. The summed E-state index contributed by atoms with van der Waals surface area (Å²) in [5.41, 5.74) is 2.91. The third-order valence-corrected chi connectivity index (χ3v) is 5.31. The molecule has 0 radical (unpaired) electrons. The number of rotatable bonds is 6. The number of nitrogens with zero attached hydrogens (tertiary/aromatic N) is 1. The number of amides is 1. The number of ether oxygens (including phenoxy) is 2. The summed E-state index contributed by atoms with van der Waals surface area (Å²) in [6.07, 6.45) is -0.154. The van der Waals surface area contributed by atoms with Crippen molar-refractivity contribution in [2.24, 2.45) is 0 Å². The molecule has 0 saturated heterocycles. The summed E-state index contributed by atoms with van der Waals surface area (Å²) >= 11 is 0. The topological polar surface area (TPSA) is 86.0 Å². The summed E-state index contributed by atoms with van der Waals surface area (Å²) in [6, 6.07) is 10.8. The molecule has 2 heterocycles. The maximum Gasteiger partial charge on any atom is 0.373 e. The maximum atomic E-state index is 13.1. The van der Waals surface area contributed by atoms with Crippen LogP contribution in [0.25, 0.3) is 0 Å². The number of benzene rings is 1. The van der Waals surface area contributed by atoms with E-state index in [4.69, 9.17) is 9.15 Å². The molecular formula is C24H27NO6. The van der Waals surface area contributed by atoms with Gasteiger partial charge in [0, 0.05) is 18.0 Å². The first-order chi connectivity index (χ1) is 14.7. The predicted octanol–water partition coefficient (Wildman–Crippen LogP) is 4.12. The molecule has 0 spiro atoms. The smallest absolute Gasteiger partial charge is 0.373 e. The van der Waals surface area contributed by atoms with Gasteiger partial charge < -0.3 is 18.8 Å². The Bertz CT molecular complexity index is 1030. The molecule has 31 heavy (non-hydrogen) atoms. The summed E-state index contributed by atoms with van der Waals surface area (Å²) in [4.78, 5) is 39.3. The van der Waals surface area contributed by atoms with Crippen LogP contribution in [0.2, 0.25) is 0 Å². The Hall–Kier alpha value is -3.35. The monoisotopic (exact) mass is 425 g/mol. The van der Waals surface area contributed by atoms with E-state index >= 15 is 0 Å². The van der Waals surface area contributed by atoms with Crippen LogP contribution in [0.4, 0.5) is 0 Å². The first-order valence-corrected chi connectivity index (χ1v) is 10.2. The zero-order valence-electron chi connectivity index (χ0n) is 18.4. The number of aryl methyl sites for hydroxylation is 1. The summed E-state index contributed by atoms with van der Waals surface area (Å²) < 4.78 is 15.7. The second-order valence-electron chi connectivity index (χ2n) is 7.80. The fourth-order valence-electron chi connectivity index (χ4n) is 3.82. The quantitative estimate of drug-likeness (QED) is 0.647. The molecule has 1 aliphatic heterocycles. The van der Waals surface area contributed by atoms with Crippen molar-refractivity contribution in [2.75, 3.05) is 7.11 Å². The number of methoxy groups -OCH3 is 1. The van der Waals surface area contributed by atoms with Gasteiger partial charge in [0.25, 0.3) is 0 Å². The molecule has 1 aliphatic rings. The lowest BCUT2D eigenvalue weighted by Crippen LogP contribution is -2.38. The molecule has 0 saturated carbocycles. The third-order valence-electron chi connectivity index (χ3n) is 5.31. The van der Waals surface area contributed by atoms with E-state index < -0.39 is 17.9 Å². The largest absolute Gasteiger partial charge is 0.463 e. The van der Waals surface area contributed by atoms with Gasteiger partial charge in [0.15, 0.2) is 0 Å². The van der Waals surface area contributed by atoms with Crippen molar-refractivity contribution >= 4 is 17.8 Å². The summed E-state index contributed by atoms with van der Waals surface area (Å²) in [5, 5.41) is 0. The minimum Gasteiger partial charge on any atom is -0.463 e. The van der Waals surface area contributed by atoms with E-state index in [1.54, 1.807) is 26.8 Å². The van der Waals surface area contributed by atoms with Gasteiger partial charge in [-0.15, -0.1) is 0 Å². The van der Waals surface area contributed by atoms with Gasteiger partial charge in [0.05, 0.1) is 25.3 Å². The minimum absolute atomic E-state index is 0.0563. The lowest BCUT2D eigenvalue weighted by molar-refractivity contribution is -0.144. The molecule has 1 aromatic heterocycles. The number of hydrogen-bond acceptors (Lipinski definition) is 6. The Kier molecular flexibility index (Phi) is 6.63. The molecule has 0 fully saturated rings. The molecule has 1 aromatic carbocycles. The van der Waals surface area contributed by atoms with Crippen LogP contribution in [-0.4, -0.2) is 36.0 Å². The summed E-state index contributed by atoms with van der Waals surface area (Å²) in [5.74, 6) is -1.08. The number of allylic oxidation sites excluding steroid dienone is 1. The summed E-state index contributed by atoms with van der Waals surface area (Å²) in [6.45, 7) is 7.38. The second kappa shape index (κ2) is 9.20. The fourth-order valence-corrected chi connectivity index (χ4v) is 3.82. The highest BCUT2D eigenvalue weighted by molar-refractivity contribution is 5.96. The second-order valence-corrected chi connectivity index (χ2v) is 7.80. The molecule has 1 unspecified atom stereocenters. The molecule has 0 N–H and O–H groups in total. The van der Waals surface area contributed by atoms with Crippen molar-refractivity contribution in [1.29, 1.82) is 0 Å². The van der Waals surface area contributed by atoms with Crippen LogP contribution in [0, 0.1) is 6.92 Å². The molecule has 0 aliphatic carbocycles. The lowest BCUT2D eigenvalue weighted by atomic mass is 9.82. The zero-order chi connectivity index (χ0) is 22.7. The van der Waals surface area contributed by atoms with Crippen LogP contribution in [0.3, 0.4) is 0 Å². The van der Waals surface area contributed by atoms with Gasteiger partial charge >= 0.3 is 11.9 Å². The average molecular weight is 425 g/mol. The van der Waals surface area contributed by atoms with Crippen molar-refractivity contribution in [2.45, 2.75) is 52.7 Å². The predicted molar refractivity (Wildman–Crippen MR) is 113 cm³/mol. The van der Waals surface area contributed by atoms with Crippen LogP contribution in [0.5, 0.6) is 0 Å². The number of furan rings is 1. The van der Waals surface area contributed by atoms with E-state index in [-0.39, 0.29) is 30.7 Å². The van der Waals surface area contributed by atoms with Gasteiger partial charge in [0.2, 0.25) is 11.7 Å². The third kappa shape index (κ3) is 4.71. The standard InChI is InChI=1S/C24H27NO6/c1-14(2)30-24(28)22-16(4)25(13-17-10-11-20(31-17)23(27)29-5)21(26)12-19(22)18-9-7-6-8-15(18)3/h6-11,14,19H,12-13H2,1-5H3. The van der Waals surface area contributed by atoms with Crippen LogP contribution < -0.4 is 0 Å². The lowest BCUT2D eigenvalue weighted by Gasteiger charge is -2.34. The maximum absolute atomic E-state index is 13.1. The van der Waals surface area contributed by atoms with Crippen LogP contribution in [0.1, 0.15) is 60.6 Å². The first-order valence-electron chi connectivity index (χ1n) is 10.2. The first kappa shape index (κ1) is 22.3. The van der Waals surface area contributed by atoms with Crippen LogP contribution in [-0.2, 0) is 25.6 Å². The Morgan fingerprint density at radius 1 is 1.13 bits per heavy atom. The van der Waals surface area contributed by atoms with Crippen molar-refractivity contribution in [3.05, 3.63) is 70.3 Å². The van der Waals surface area contributed by atoms with Gasteiger partial charge in [-0.2, -0.15) is 0 Å². The van der Waals surface area contributed by atoms with E-state index in [2.05, 4.69) is 4.74 Å². The minimum atomic E-state index is -0.593. The molecular weight excluding hydrogens is 398 g/mol. The fraction of sp³-hybridized carbons (Fsp3) is 0.375. The van der Waals surface area contributed by atoms with Crippen molar-refractivity contribution in [3.63, 3.8) is 0 Å². The number of carbonyl (C=O) groups excluding carboxylic acids is 3. The van der Waals surface area contributed by atoms with Gasteiger partial charge in [-0.05, 0) is 51.0 Å². The van der Waals surface area contributed by atoms with E-state index in [1.165, 1.54) is 18.1 Å². The SMILES string of the molecule is COC(=O)c1ccc(CN2C(=O)CC(c3ccccc3C)C(C(=O)OC(C)C)=C2C)o1. The van der Waals surface area contributed by atoms with Crippen molar-refractivity contribution in [3.8, 4) is 0 Å². The highest BCUT2D eigenvalue weighted by Gasteiger charge is 2.38. The molecule has 7 heteroatoms. The van der Waals surface area contributed by atoms with E-state index in [1.807, 2.05) is 31.2 Å².